The van der Waals surface area contributed by atoms with E-state index in [-0.39, 0.29) is 12.1 Å². The van der Waals surface area contributed by atoms with E-state index >= 15 is 0 Å². The number of nitrogens with one attached hydrogen (secondary N) is 1. The van der Waals surface area contributed by atoms with Gasteiger partial charge in [0.2, 0.25) is 0 Å². The van der Waals surface area contributed by atoms with Gasteiger partial charge in [-0.3, -0.25) is 0 Å². The molecular formula is C10H13F2NO. The van der Waals surface area contributed by atoms with Gasteiger partial charge in [0.25, 0.3) is 0 Å². The van der Waals surface area contributed by atoms with Gasteiger partial charge in [0, 0.05) is 18.7 Å². The molecule has 0 aliphatic rings. The van der Waals surface area contributed by atoms with Crippen LogP contribution in [0.2, 0.25) is 0 Å². The number of benzene rings is 1. The van der Waals surface area contributed by atoms with Crippen molar-refractivity contribution in [2.24, 2.45) is 0 Å². The van der Waals surface area contributed by atoms with Gasteiger partial charge < -0.3 is 10.4 Å². The molecule has 0 amide bonds. The molecule has 0 aliphatic carbocycles. The molecule has 1 atom stereocenters. The number of hydrogen-bond acceptors (Lipinski definition) is 2. The third kappa shape index (κ3) is 3.05. The van der Waals surface area contributed by atoms with Crippen molar-refractivity contribution < 1.29 is 13.9 Å². The van der Waals surface area contributed by atoms with E-state index < -0.39 is 17.7 Å². The predicted octanol–water partition coefficient (Wildman–Crippen LogP) is 1.44. The third-order valence-electron chi connectivity index (χ3n) is 1.80. The molecule has 0 radical (unpaired) electrons. The van der Waals surface area contributed by atoms with Crippen molar-refractivity contribution in [1.29, 1.82) is 0 Å². The summed E-state index contributed by atoms with van der Waals surface area (Å²) in [4.78, 5) is 0. The van der Waals surface area contributed by atoms with Crippen molar-refractivity contribution in [2.45, 2.75) is 19.6 Å². The number of aliphatic hydroxyl groups is 1. The summed E-state index contributed by atoms with van der Waals surface area (Å²) in [5.41, 5.74) is 0.00755. The molecule has 0 unspecified atom stereocenters. The summed E-state index contributed by atoms with van der Waals surface area (Å²) in [5.74, 6) is -1.13. The molecule has 0 saturated carbocycles. The molecule has 1 aromatic carbocycles. The maximum absolute atomic E-state index is 13.0. The van der Waals surface area contributed by atoms with Crippen LogP contribution in [-0.4, -0.2) is 17.8 Å². The zero-order valence-electron chi connectivity index (χ0n) is 7.93. The Morgan fingerprint density at radius 2 is 1.93 bits per heavy atom. The first kappa shape index (κ1) is 11.1. The summed E-state index contributed by atoms with van der Waals surface area (Å²) >= 11 is 0. The van der Waals surface area contributed by atoms with E-state index in [1.54, 1.807) is 6.92 Å². The minimum Gasteiger partial charge on any atom is -0.392 e. The molecule has 0 bridgehead atoms. The number of halogens is 2. The van der Waals surface area contributed by atoms with Crippen LogP contribution in [0, 0.1) is 11.6 Å². The summed E-state index contributed by atoms with van der Waals surface area (Å²) in [6.07, 6.45) is -0.523. The SMILES string of the molecule is C[C@H](O)CNCc1c(F)cccc1F. The Morgan fingerprint density at radius 1 is 1.36 bits per heavy atom. The second-order valence-electron chi connectivity index (χ2n) is 3.18. The topological polar surface area (TPSA) is 32.3 Å². The molecule has 14 heavy (non-hydrogen) atoms. The maximum atomic E-state index is 13.0. The monoisotopic (exact) mass is 201 g/mol. The zero-order valence-corrected chi connectivity index (χ0v) is 7.93. The average molecular weight is 201 g/mol. The van der Waals surface area contributed by atoms with E-state index in [9.17, 15) is 8.78 Å². The fraction of sp³-hybridized carbons (Fsp3) is 0.400. The van der Waals surface area contributed by atoms with E-state index in [0.717, 1.165) is 0 Å². The van der Waals surface area contributed by atoms with Gasteiger partial charge in [0.1, 0.15) is 11.6 Å². The second-order valence-corrected chi connectivity index (χ2v) is 3.18. The number of hydrogen-bond donors (Lipinski definition) is 2. The largest absolute Gasteiger partial charge is 0.392 e. The molecule has 0 spiro atoms. The predicted molar refractivity (Wildman–Crippen MR) is 49.7 cm³/mol. The minimum atomic E-state index is -0.567. The van der Waals surface area contributed by atoms with Crippen LogP contribution >= 0.6 is 0 Å². The summed E-state index contributed by atoms with van der Waals surface area (Å²) in [7, 11) is 0. The molecule has 78 valence electrons. The summed E-state index contributed by atoms with van der Waals surface area (Å²) < 4.78 is 26.1. The van der Waals surface area contributed by atoms with Crippen molar-refractivity contribution in [3.63, 3.8) is 0 Å². The highest BCUT2D eigenvalue weighted by molar-refractivity contribution is 5.19. The van der Waals surface area contributed by atoms with Crippen molar-refractivity contribution in [3.8, 4) is 0 Å². The molecule has 1 rings (SSSR count). The van der Waals surface area contributed by atoms with Gasteiger partial charge in [-0.1, -0.05) is 6.07 Å². The highest BCUT2D eigenvalue weighted by Gasteiger charge is 2.07. The summed E-state index contributed by atoms with van der Waals surface area (Å²) in [5, 5.41) is 11.7. The molecule has 0 fully saturated rings. The average Bonchev–Trinajstić information content (AvgIpc) is 2.09. The van der Waals surface area contributed by atoms with Crippen LogP contribution in [0.5, 0.6) is 0 Å². The van der Waals surface area contributed by atoms with E-state index in [1.807, 2.05) is 0 Å². The van der Waals surface area contributed by atoms with Gasteiger partial charge in [-0.15, -0.1) is 0 Å². The van der Waals surface area contributed by atoms with E-state index in [1.165, 1.54) is 18.2 Å². The lowest BCUT2D eigenvalue weighted by Gasteiger charge is -2.08. The minimum absolute atomic E-state index is 0.00755. The van der Waals surface area contributed by atoms with Crippen molar-refractivity contribution in [3.05, 3.63) is 35.4 Å². The van der Waals surface area contributed by atoms with Crippen LogP contribution < -0.4 is 5.32 Å². The first-order valence-electron chi connectivity index (χ1n) is 4.43. The molecular weight excluding hydrogens is 188 g/mol. The molecule has 0 heterocycles. The van der Waals surface area contributed by atoms with Crippen LogP contribution in [0.25, 0.3) is 0 Å². The molecule has 0 aliphatic heterocycles. The maximum Gasteiger partial charge on any atom is 0.130 e. The van der Waals surface area contributed by atoms with Crippen LogP contribution in [0.15, 0.2) is 18.2 Å². The van der Waals surface area contributed by atoms with Crippen LogP contribution in [0.4, 0.5) is 8.78 Å². The molecule has 2 N–H and O–H groups in total. The van der Waals surface area contributed by atoms with E-state index in [4.69, 9.17) is 5.11 Å². The van der Waals surface area contributed by atoms with E-state index in [0.29, 0.717) is 6.54 Å². The second kappa shape index (κ2) is 5.02. The standard InChI is InChI=1S/C10H13F2NO/c1-7(14)5-13-6-8-9(11)3-2-4-10(8)12/h2-4,7,13-14H,5-6H2,1H3/t7-/m0/s1. The Labute approximate surface area is 81.6 Å². The molecule has 0 aromatic heterocycles. The Kier molecular flexibility index (Phi) is 3.98. The van der Waals surface area contributed by atoms with Crippen LogP contribution in [-0.2, 0) is 6.54 Å². The fourth-order valence-electron chi connectivity index (χ4n) is 1.11. The number of rotatable bonds is 4. The Bertz CT molecular complexity index is 282. The molecule has 2 nitrogen and oxygen atoms in total. The molecule has 4 heteroatoms. The third-order valence-corrected chi connectivity index (χ3v) is 1.80. The lowest BCUT2D eigenvalue weighted by molar-refractivity contribution is 0.190. The summed E-state index contributed by atoms with van der Waals surface area (Å²) in [6, 6.07) is 3.74. The smallest absolute Gasteiger partial charge is 0.130 e. The van der Waals surface area contributed by atoms with Gasteiger partial charge in [-0.2, -0.15) is 0 Å². The van der Waals surface area contributed by atoms with Crippen molar-refractivity contribution in [1.82, 2.24) is 5.32 Å². The molecule has 0 saturated heterocycles. The Morgan fingerprint density at radius 3 is 2.43 bits per heavy atom. The van der Waals surface area contributed by atoms with Crippen molar-refractivity contribution in [2.75, 3.05) is 6.54 Å². The van der Waals surface area contributed by atoms with E-state index in [2.05, 4.69) is 5.32 Å². The zero-order chi connectivity index (χ0) is 10.6. The van der Waals surface area contributed by atoms with Crippen molar-refractivity contribution >= 4 is 0 Å². The fourth-order valence-corrected chi connectivity index (χ4v) is 1.11. The highest BCUT2D eigenvalue weighted by atomic mass is 19.1. The lowest BCUT2D eigenvalue weighted by Crippen LogP contribution is -2.24. The summed E-state index contributed by atoms with van der Waals surface area (Å²) in [6.45, 7) is 2.00. The Hall–Kier alpha value is -1.00. The highest BCUT2D eigenvalue weighted by Crippen LogP contribution is 2.11. The van der Waals surface area contributed by atoms with Crippen LogP contribution in [0.1, 0.15) is 12.5 Å². The van der Waals surface area contributed by atoms with Gasteiger partial charge in [0.05, 0.1) is 6.10 Å². The first-order chi connectivity index (χ1) is 6.61. The van der Waals surface area contributed by atoms with Gasteiger partial charge >= 0.3 is 0 Å². The number of aliphatic hydroxyl groups excluding tert-OH is 1. The normalized spacial score (nSPS) is 12.9. The van der Waals surface area contributed by atoms with Gasteiger partial charge in [0.15, 0.2) is 0 Å². The first-order valence-corrected chi connectivity index (χ1v) is 4.43. The van der Waals surface area contributed by atoms with Gasteiger partial charge in [-0.25, -0.2) is 8.78 Å². The molecule has 1 aromatic rings. The lowest BCUT2D eigenvalue weighted by atomic mass is 10.2. The Balaban J connectivity index is 2.58. The van der Waals surface area contributed by atoms with Gasteiger partial charge in [-0.05, 0) is 19.1 Å². The van der Waals surface area contributed by atoms with Crippen LogP contribution in [0.3, 0.4) is 0 Å². The quantitative estimate of drug-likeness (QED) is 0.772.